The molecule has 0 aromatic heterocycles. The highest BCUT2D eigenvalue weighted by molar-refractivity contribution is 5.96. The Kier molecular flexibility index (Phi) is 4.43. The van der Waals surface area contributed by atoms with Crippen molar-refractivity contribution in [2.45, 2.75) is 51.1 Å². The molecule has 0 heterocycles. The van der Waals surface area contributed by atoms with Crippen molar-refractivity contribution in [3.8, 4) is 0 Å². The van der Waals surface area contributed by atoms with Gasteiger partial charge in [0.1, 0.15) is 0 Å². The highest BCUT2D eigenvalue weighted by Gasteiger charge is 2.25. The molecule has 104 valence electrons. The average Bonchev–Trinajstić information content (AvgIpc) is 2.46. The van der Waals surface area contributed by atoms with Crippen molar-refractivity contribution in [3.63, 3.8) is 0 Å². The van der Waals surface area contributed by atoms with Gasteiger partial charge in [-0.3, -0.25) is 0 Å². The number of hydrogen-bond acceptors (Lipinski definition) is 3. The first kappa shape index (κ1) is 13.9. The first-order valence-corrected chi connectivity index (χ1v) is 6.95. The van der Waals surface area contributed by atoms with Crippen LogP contribution in [0.25, 0.3) is 0 Å². The van der Waals surface area contributed by atoms with Gasteiger partial charge in [-0.25, -0.2) is 0 Å². The Morgan fingerprint density at radius 2 is 1.89 bits per heavy atom. The monoisotopic (exact) mass is 261 g/mol. The number of oxime groups is 1. The minimum Gasteiger partial charge on any atom is -0.409 e. The van der Waals surface area contributed by atoms with Gasteiger partial charge in [0.25, 0.3) is 0 Å². The summed E-state index contributed by atoms with van der Waals surface area (Å²) in [6.07, 6.45) is 6.54. The van der Waals surface area contributed by atoms with E-state index in [1.54, 1.807) is 0 Å². The molecule has 0 amide bonds. The Morgan fingerprint density at radius 3 is 2.47 bits per heavy atom. The van der Waals surface area contributed by atoms with Crippen LogP contribution in [0.1, 0.15) is 50.2 Å². The topological polar surface area (TPSA) is 70.6 Å². The van der Waals surface area contributed by atoms with Crippen molar-refractivity contribution in [3.05, 3.63) is 35.4 Å². The zero-order chi connectivity index (χ0) is 13.7. The molecule has 19 heavy (non-hydrogen) atoms. The molecule has 0 spiro atoms. The van der Waals surface area contributed by atoms with Crippen molar-refractivity contribution in [1.82, 2.24) is 5.32 Å². The summed E-state index contributed by atoms with van der Waals surface area (Å²) in [4.78, 5) is 0. The Balaban J connectivity index is 1.92. The molecule has 1 saturated carbocycles. The Morgan fingerprint density at radius 1 is 1.26 bits per heavy atom. The van der Waals surface area contributed by atoms with Gasteiger partial charge in [-0.1, -0.05) is 48.7 Å². The van der Waals surface area contributed by atoms with E-state index in [1.807, 2.05) is 24.3 Å². The fourth-order valence-electron chi connectivity index (χ4n) is 2.68. The van der Waals surface area contributed by atoms with Gasteiger partial charge in [0.15, 0.2) is 5.84 Å². The van der Waals surface area contributed by atoms with Gasteiger partial charge in [-0.15, -0.1) is 0 Å². The van der Waals surface area contributed by atoms with Gasteiger partial charge in [0, 0.05) is 17.6 Å². The fraction of sp³-hybridized carbons (Fsp3) is 0.533. The van der Waals surface area contributed by atoms with Crippen molar-refractivity contribution >= 4 is 5.84 Å². The summed E-state index contributed by atoms with van der Waals surface area (Å²) >= 11 is 0. The molecule has 4 nitrogen and oxygen atoms in total. The number of nitrogens with zero attached hydrogens (tertiary/aromatic N) is 1. The van der Waals surface area contributed by atoms with E-state index >= 15 is 0 Å². The normalized spacial score (nSPS) is 19.3. The lowest BCUT2D eigenvalue weighted by atomic mass is 9.83. The van der Waals surface area contributed by atoms with E-state index in [0.29, 0.717) is 0 Å². The maximum Gasteiger partial charge on any atom is 0.170 e. The fourth-order valence-corrected chi connectivity index (χ4v) is 2.68. The van der Waals surface area contributed by atoms with Crippen molar-refractivity contribution in [1.29, 1.82) is 0 Å². The van der Waals surface area contributed by atoms with E-state index in [4.69, 9.17) is 10.9 Å². The predicted octanol–water partition coefficient (Wildman–Crippen LogP) is 2.59. The molecule has 4 heteroatoms. The lowest BCUT2D eigenvalue weighted by Gasteiger charge is -2.34. The van der Waals surface area contributed by atoms with Crippen LogP contribution in [0.15, 0.2) is 29.4 Å². The van der Waals surface area contributed by atoms with Crippen LogP contribution in [-0.4, -0.2) is 16.6 Å². The maximum absolute atomic E-state index is 8.62. The lowest BCUT2D eigenvalue weighted by Crippen LogP contribution is -2.43. The maximum atomic E-state index is 8.62. The van der Waals surface area contributed by atoms with Crippen LogP contribution in [0.2, 0.25) is 0 Å². The smallest absolute Gasteiger partial charge is 0.170 e. The van der Waals surface area contributed by atoms with Gasteiger partial charge < -0.3 is 16.3 Å². The predicted molar refractivity (Wildman–Crippen MR) is 77.3 cm³/mol. The minimum absolute atomic E-state index is 0.152. The molecule has 0 radical (unpaired) electrons. The van der Waals surface area contributed by atoms with Gasteiger partial charge in [0.2, 0.25) is 0 Å². The van der Waals surface area contributed by atoms with Crippen molar-refractivity contribution < 1.29 is 5.21 Å². The van der Waals surface area contributed by atoms with Crippen LogP contribution in [0.4, 0.5) is 0 Å². The number of nitrogens with two attached hydrogens (primary N) is 1. The number of amidine groups is 1. The summed E-state index contributed by atoms with van der Waals surface area (Å²) in [7, 11) is 0. The Bertz CT molecular complexity index is 433. The van der Waals surface area contributed by atoms with Crippen LogP contribution >= 0.6 is 0 Å². The van der Waals surface area contributed by atoms with Gasteiger partial charge in [-0.2, -0.15) is 0 Å². The van der Waals surface area contributed by atoms with Crippen molar-refractivity contribution in [2.24, 2.45) is 10.9 Å². The second-order valence-electron chi connectivity index (χ2n) is 5.66. The van der Waals surface area contributed by atoms with E-state index in [2.05, 4.69) is 17.4 Å². The largest absolute Gasteiger partial charge is 0.409 e. The van der Waals surface area contributed by atoms with E-state index in [0.717, 1.165) is 12.1 Å². The van der Waals surface area contributed by atoms with Crippen LogP contribution in [-0.2, 0) is 6.54 Å². The highest BCUT2D eigenvalue weighted by Crippen LogP contribution is 2.27. The Labute approximate surface area is 114 Å². The standard InChI is InChI=1S/C15H23N3O/c1-15(9-3-2-4-10-15)17-11-12-5-7-13(8-6-12)14(16)18-19/h5-8,17,19H,2-4,9-11H2,1H3,(H2,16,18). The van der Waals surface area contributed by atoms with Gasteiger partial charge in [-0.05, 0) is 25.3 Å². The van der Waals surface area contributed by atoms with E-state index in [1.165, 1.54) is 37.7 Å². The molecule has 1 aliphatic carbocycles. The third kappa shape index (κ3) is 3.70. The van der Waals surface area contributed by atoms with E-state index in [-0.39, 0.29) is 11.4 Å². The molecule has 0 atom stereocenters. The van der Waals surface area contributed by atoms with Crippen LogP contribution in [0, 0.1) is 0 Å². The van der Waals surface area contributed by atoms with Crippen molar-refractivity contribution in [2.75, 3.05) is 0 Å². The molecule has 0 saturated heterocycles. The third-order valence-corrected chi connectivity index (χ3v) is 4.03. The molecule has 1 fully saturated rings. The van der Waals surface area contributed by atoms with Crippen LogP contribution in [0.5, 0.6) is 0 Å². The summed E-state index contributed by atoms with van der Waals surface area (Å²) in [6.45, 7) is 3.18. The first-order chi connectivity index (χ1) is 9.13. The van der Waals surface area contributed by atoms with E-state index in [9.17, 15) is 0 Å². The highest BCUT2D eigenvalue weighted by atomic mass is 16.4. The van der Waals surface area contributed by atoms with E-state index < -0.39 is 0 Å². The summed E-state index contributed by atoms with van der Waals surface area (Å²) in [5.74, 6) is 0.152. The molecule has 1 aromatic rings. The summed E-state index contributed by atoms with van der Waals surface area (Å²) in [6, 6.07) is 7.81. The quantitative estimate of drug-likeness (QED) is 0.338. The number of nitrogens with one attached hydrogen (secondary N) is 1. The van der Waals surface area contributed by atoms with Gasteiger partial charge >= 0.3 is 0 Å². The average molecular weight is 261 g/mol. The SMILES string of the molecule is CC1(NCc2ccc(C(N)=NO)cc2)CCCCC1. The number of hydrogen-bond donors (Lipinski definition) is 3. The summed E-state index contributed by atoms with van der Waals surface area (Å²) < 4.78 is 0. The molecule has 1 aliphatic rings. The third-order valence-electron chi connectivity index (χ3n) is 4.03. The molecule has 0 unspecified atom stereocenters. The molecular formula is C15H23N3O. The zero-order valence-electron chi connectivity index (χ0n) is 11.5. The molecule has 1 aromatic carbocycles. The second-order valence-corrected chi connectivity index (χ2v) is 5.66. The first-order valence-electron chi connectivity index (χ1n) is 6.95. The second kappa shape index (κ2) is 6.06. The molecule has 4 N–H and O–H groups in total. The lowest BCUT2D eigenvalue weighted by molar-refractivity contribution is 0.252. The zero-order valence-corrected chi connectivity index (χ0v) is 11.5. The Hall–Kier alpha value is -1.55. The summed E-state index contributed by atoms with van der Waals surface area (Å²) in [5.41, 5.74) is 7.79. The van der Waals surface area contributed by atoms with Gasteiger partial charge in [0.05, 0.1) is 0 Å². The molecule has 2 rings (SSSR count). The molecule has 0 aliphatic heterocycles. The van der Waals surface area contributed by atoms with Crippen LogP contribution < -0.4 is 11.1 Å². The number of benzene rings is 1. The summed E-state index contributed by atoms with van der Waals surface area (Å²) in [5, 5.41) is 15.3. The number of rotatable bonds is 4. The molecular weight excluding hydrogens is 238 g/mol. The van der Waals surface area contributed by atoms with Crippen LogP contribution in [0.3, 0.4) is 0 Å². The molecule has 0 bridgehead atoms. The minimum atomic E-state index is 0.152.